The SMILES string of the molecule is COCCOCCCNCC1(C)COC1. The fraction of sp³-hybridized carbons (Fsp3) is 1.00. The van der Waals surface area contributed by atoms with Crippen molar-refractivity contribution in [2.24, 2.45) is 5.41 Å². The topological polar surface area (TPSA) is 39.7 Å². The summed E-state index contributed by atoms with van der Waals surface area (Å²) < 4.78 is 15.4. The summed E-state index contributed by atoms with van der Waals surface area (Å²) in [6.45, 7) is 8.29. The molecule has 1 rings (SSSR count). The molecule has 0 unspecified atom stereocenters. The van der Waals surface area contributed by atoms with Crippen molar-refractivity contribution in [2.45, 2.75) is 13.3 Å². The fourth-order valence-corrected chi connectivity index (χ4v) is 1.49. The molecule has 0 radical (unpaired) electrons. The minimum absolute atomic E-state index is 0.372. The molecular weight excluding hydrogens is 194 g/mol. The second-order valence-electron chi connectivity index (χ2n) is 4.44. The fourth-order valence-electron chi connectivity index (χ4n) is 1.49. The highest BCUT2D eigenvalue weighted by molar-refractivity contribution is 4.82. The van der Waals surface area contributed by atoms with Crippen molar-refractivity contribution in [2.75, 3.05) is 53.2 Å². The normalized spacial score (nSPS) is 18.8. The molecule has 0 bridgehead atoms. The van der Waals surface area contributed by atoms with Crippen LogP contribution in [0.3, 0.4) is 0 Å². The van der Waals surface area contributed by atoms with Gasteiger partial charge in [-0.25, -0.2) is 0 Å². The lowest BCUT2D eigenvalue weighted by molar-refractivity contribution is -0.0990. The summed E-state index contributed by atoms with van der Waals surface area (Å²) in [7, 11) is 1.69. The number of rotatable bonds is 9. The predicted molar refractivity (Wildman–Crippen MR) is 59.1 cm³/mol. The van der Waals surface area contributed by atoms with Crippen molar-refractivity contribution in [3.8, 4) is 0 Å². The molecule has 0 aromatic heterocycles. The van der Waals surface area contributed by atoms with Crippen LogP contribution in [0, 0.1) is 5.41 Å². The largest absolute Gasteiger partial charge is 0.382 e. The van der Waals surface area contributed by atoms with Gasteiger partial charge in [0.15, 0.2) is 0 Å². The lowest BCUT2D eigenvalue weighted by Gasteiger charge is -2.38. The zero-order valence-electron chi connectivity index (χ0n) is 9.88. The summed E-state index contributed by atoms with van der Waals surface area (Å²) in [6.07, 6.45) is 1.06. The first-order valence-corrected chi connectivity index (χ1v) is 5.62. The van der Waals surface area contributed by atoms with Gasteiger partial charge in [0, 0.05) is 25.7 Å². The molecule has 1 saturated heterocycles. The highest BCUT2D eigenvalue weighted by atomic mass is 16.5. The van der Waals surface area contributed by atoms with E-state index in [0.717, 1.165) is 39.3 Å². The Morgan fingerprint density at radius 3 is 2.67 bits per heavy atom. The molecule has 0 aliphatic carbocycles. The van der Waals surface area contributed by atoms with E-state index in [0.29, 0.717) is 18.6 Å². The second-order valence-corrected chi connectivity index (χ2v) is 4.44. The molecule has 1 aliphatic rings. The van der Waals surface area contributed by atoms with Gasteiger partial charge in [0.1, 0.15) is 0 Å². The van der Waals surface area contributed by atoms with E-state index in [4.69, 9.17) is 14.2 Å². The molecule has 0 atom stereocenters. The van der Waals surface area contributed by atoms with Gasteiger partial charge in [-0.3, -0.25) is 0 Å². The van der Waals surface area contributed by atoms with Crippen molar-refractivity contribution in [1.82, 2.24) is 5.32 Å². The average molecular weight is 217 g/mol. The summed E-state index contributed by atoms with van der Waals surface area (Å²) in [5.41, 5.74) is 0.372. The molecule has 15 heavy (non-hydrogen) atoms. The van der Waals surface area contributed by atoms with E-state index in [-0.39, 0.29) is 0 Å². The van der Waals surface area contributed by atoms with Crippen molar-refractivity contribution in [1.29, 1.82) is 0 Å². The van der Waals surface area contributed by atoms with Gasteiger partial charge in [0.25, 0.3) is 0 Å². The van der Waals surface area contributed by atoms with E-state index in [1.807, 2.05) is 0 Å². The summed E-state index contributed by atoms with van der Waals surface area (Å²) in [4.78, 5) is 0. The van der Waals surface area contributed by atoms with Gasteiger partial charge in [-0.05, 0) is 13.0 Å². The Morgan fingerprint density at radius 2 is 2.07 bits per heavy atom. The smallest absolute Gasteiger partial charge is 0.0700 e. The Morgan fingerprint density at radius 1 is 1.27 bits per heavy atom. The van der Waals surface area contributed by atoms with Crippen molar-refractivity contribution in [3.63, 3.8) is 0 Å². The lowest BCUT2D eigenvalue weighted by Crippen LogP contribution is -2.47. The summed E-state index contributed by atoms with van der Waals surface area (Å²) in [5, 5.41) is 3.43. The maximum Gasteiger partial charge on any atom is 0.0700 e. The molecule has 1 aliphatic heterocycles. The first kappa shape index (κ1) is 12.9. The van der Waals surface area contributed by atoms with Crippen molar-refractivity contribution in [3.05, 3.63) is 0 Å². The average Bonchev–Trinajstić information content (AvgIpc) is 2.19. The van der Waals surface area contributed by atoms with Crippen LogP contribution >= 0.6 is 0 Å². The third-order valence-electron chi connectivity index (χ3n) is 2.53. The van der Waals surface area contributed by atoms with Crippen LogP contribution in [0.1, 0.15) is 13.3 Å². The summed E-state index contributed by atoms with van der Waals surface area (Å²) in [6, 6.07) is 0. The molecule has 4 heteroatoms. The Hall–Kier alpha value is -0.160. The van der Waals surface area contributed by atoms with Gasteiger partial charge in [0.05, 0.1) is 26.4 Å². The van der Waals surface area contributed by atoms with Crippen molar-refractivity contribution >= 4 is 0 Å². The van der Waals surface area contributed by atoms with Crippen LogP contribution in [0.2, 0.25) is 0 Å². The number of methoxy groups -OCH3 is 1. The van der Waals surface area contributed by atoms with Crippen LogP contribution in [0.4, 0.5) is 0 Å². The predicted octanol–water partition coefficient (Wildman–Crippen LogP) is 0.666. The van der Waals surface area contributed by atoms with Crippen molar-refractivity contribution < 1.29 is 14.2 Å². The third-order valence-corrected chi connectivity index (χ3v) is 2.53. The number of ether oxygens (including phenoxy) is 3. The molecular formula is C11H23NO3. The first-order valence-electron chi connectivity index (χ1n) is 5.62. The minimum Gasteiger partial charge on any atom is -0.382 e. The molecule has 0 saturated carbocycles. The molecule has 0 aromatic carbocycles. The lowest BCUT2D eigenvalue weighted by atomic mass is 9.89. The van der Waals surface area contributed by atoms with Gasteiger partial charge in [-0.2, -0.15) is 0 Å². The summed E-state index contributed by atoms with van der Waals surface area (Å²) in [5.74, 6) is 0. The third kappa shape index (κ3) is 5.47. The van der Waals surface area contributed by atoms with E-state index < -0.39 is 0 Å². The van der Waals surface area contributed by atoms with Crippen LogP contribution in [-0.4, -0.2) is 53.2 Å². The molecule has 1 N–H and O–H groups in total. The molecule has 1 fully saturated rings. The maximum absolute atomic E-state index is 5.36. The zero-order chi connectivity index (χ0) is 11.0. The van der Waals surface area contributed by atoms with Gasteiger partial charge in [0.2, 0.25) is 0 Å². The van der Waals surface area contributed by atoms with Crippen LogP contribution in [-0.2, 0) is 14.2 Å². The summed E-state index contributed by atoms with van der Waals surface area (Å²) >= 11 is 0. The van der Waals surface area contributed by atoms with E-state index in [2.05, 4.69) is 12.2 Å². The van der Waals surface area contributed by atoms with Gasteiger partial charge in [-0.15, -0.1) is 0 Å². The Kier molecular flexibility index (Phi) is 6.17. The van der Waals surface area contributed by atoms with E-state index in [9.17, 15) is 0 Å². The Balaban J connectivity index is 1.77. The molecule has 90 valence electrons. The van der Waals surface area contributed by atoms with Crippen LogP contribution in [0.25, 0.3) is 0 Å². The quantitative estimate of drug-likeness (QED) is 0.576. The molecule has 0 amide bonds. The first-order chi connectivity index (χ1) is 7.27. The zero-order valence-corrected chi connectivity index (χ0v) is 9.88. The number of hydrogen-bond acceptors (Lipinski definition) is 4. The maximum atomic E-state index is 5.36. The monoisotopic (exact) mass is 217 g/mol. The van der Waals surface area contributed by atoms with E-state index >= 15 is 0 Å². The van der Waals surface area contributed by atoms with Crippen LogP contribution in [0.5, 0.6) is 0 Å². The van der Waals surface area contributed by atoms with Crippen LogP contribution < -0.4 is 5.32 Å². The Labute approximate surface area is 92.3 Å². The molecule has 0 spiro atoms. The number of hydrogen-bond donors (Lipinski definition) is 1. The van der Waals surface area contributed by atoms with Gasteiger partial charge < -0.3 is 19.5 Å². The minimum atomic E-state index is 0.372. The second kappa shape index (κ2) is 7.17. The van der Waals surface area contributed by atoms with Gasteiger partial charge in [-0.1, -0.05) is 6.92 Å². The van der Waals surface area contributed by atoms with Gasteiger partial charge >= 0.3 is 0 Å². The highest BCUT2D eigenvalue weighted by Crippen LogP contribution is 2.24. The molecule has 0 aromatic rings. The van der Waals surface area contributed by atoms with E-state index in [1.165, 1.54) is 0 Å². The standard InChI is InChI=1S/C11H23NO3/c1-11(9-15-10-11)8-12-4-3-5-14-7-6-13-2/h12H,3-10H2,1-2H3. The number of nitrogens with one attached hydrogen (secondary N) is 1. The highest BCUT2D eigenvalue weighted by Gasteiger charge is 2.32. The van der Waals surface area contributed by atoms with Crippen LogP contribution in [0.15, 0.2) is 0 Å². The Bertz CT molecular complexity index is 160. The van der Waals surface area contributed by atoms with E-state index in [1.54, 1.807) is 7.11 Å². The molecule has 1 heterocycles. The molecule has 4 nitrogen and oxygen atoms in total.